The smallest absolute Gasteiger partial charge is 0.263 e. The molecule has 0 bridgehead atoms. The molecule has 1 aliphatic rings. The van der Waals surface area contributed by atoms with E-state index in [1.54, 1.807) is 13.0 Å². The van der Waals surface area contributed by atoms with Crippen LogP contribution in [-0.4, -0.2) is 17.7 Å². The average Bonchev–Trinajstić information content (AvgIpc) is 3.20. The summed E-state index contributed by atoms with van der Waals surface area (Å²) >= 11 is 1.21. The lowest BCUT2D eigenvalue weighted by Crippen LogP contribution is -2.15. The monoisotopic (exact) mass is 374 g/mol. The fourth-order valence-electron chi connectivity index (χ4n) is 2.63. The van der Waals surface area contributed by atoms with Crippen LogP contribution in [0.15, 0.2) is 36.4 Å². The van der Waals surface area contributed by atoms with E-state index in [4.69, 9.17) is 9.47 Å². The van der Waals surface area contributed by atoms with Crippen molar-refractivity contribution in [2.75, 3.05) is 12.1 Å². The van der Waals surface area contributed by atoms with E-state index in [2.05, 4.69) is 10.3 Å². The van der Waals surface area contributed by atoms with Gasteiger partial charge in [0.25, 0.3) is 5.91 Å². The Hall–Kier alpha value is -3.00. The van der Waals surface area contributed by atoms with Crippen molar-refractivity contribution >= 4 is 22.4 Å². The summed E-state index contributed by atoms with van der Waals surface area (Å²) in [4.78, 5) is 17.3. The predicted molar refractivity (Wildman–Crippen MR) is 92.7 cm³/mol. The summed E-state index contributed by atoms with van der Waals surface area (Å²) < 4.78 is 38.1. The van der Waals surface area contributed by atoms with E-state index in [9.17, 15) is 13.6 Å². The van der Waals surface area contributed by atoms with Crippen LogP contribution in [0.25, 0.3) is 10.4 Å². The zero-order chi connectivity index (χ0) is 18.3. The van der Waals surface area contributed by atoms with Crippen molar-refractivity contribution in [1.82, 2.24) is 4.98 Å². The summed E-state index contributed by atoms with van der Waals surface area (Å²) in [6, 6.07) is 8.74. The van der Waals surface area contributed by atoms with Gasteiger partial charge in [0.05, 0.1) is 10.6 Å². The highest BCUT2D eigenvalue weighted by Crippen LogP contribution is 2.39. The first-order valence-corrected chi connectivity index (χ1v) is 8.47. The number of nitrogens with one attached hydrogen (secondary N) is 1. The first-order chi connectivity index (χ1) is 12.5. The minimum Gasteiger partial charge on any atom is -0.454 e. The molecule has 3 aromatic rings. The van der Waals surface area contributed by atoms with E-state index >= 15 is 0 Å². The van der Waals surface area contributed by atoms with Crippen molar-refractivity contribution < 1.29 is 23.0 Å². The van der Waals surface area contributed by atoms with Crippen LogP contribution in [0.3, 0.4) is 0 Å². The molecule has 5 nitrogen and oxygen atoms in total. The Kier molecular flexibility index (Phi) is 4.04. The van der Waals surface area contributed by atoms with Gasteiger partial charge >= 0.3 is 0 Å². The van der Waals surface area contributed by atoms with Gasteiger partial charge in [-0.2, -0.15) is 0 Å². The molecule has 0 spiro atoms. The standard InChI is InChI=1S/C18H12F2N2O3S/c1-9-16(10-5-6-13-14(7-10)25-8-24-13)26-18(21-9)22-17(23)15-11(19)3-2-4-12(15)20/h2-7H,8H2,1H3,(H,21,22,23). The quantitative estimate of drug-likeness (QED) is 0.739. The summed E-state index contributed by atoms with van der Waals surface area (Å²) in [5.41, 5.74) is 0.893. The highest BCUT2D eigenvalue weighted by molar-refractivity contribution is 7.19. The van der Waals surface area contributed by atoms with Gasteiger partial charge in [-0.15, -0.1) is 0 Å². The van der Waals surface area contributed by atoms with E-state index in [0.717, 1.165) is 22.6 Å². The molecule has 2 aromatic carbocycles. The molecular weight excluding hydrogens is 362 g/mol. The van der Waals surface area contributed by atoms with Crippen molar-refractivity contribution in [2.45, 2.75) is 6.92 Å². The first-order valence-electron chi connectivity index (χ1n) is 7.66. The fraction of sp³-hybridized carbons (Fsp3) is 0.111. The van der Waals surface area contributed by atoms with Gasteiger partial charge in [0.1, 0.15) is 17.2 Å². The molecule has 0 unspecified atom stereocenters. The molecule has 8 heteroatoms. The summed E-state index contributed by atoms with van der Waals surface area (Å²) in [5, 5.41) is 2.71. The second-order valence-corrected chi connectivity index (χ2v) is 6.55. The van der Waals surface area contributed by atoms with E-state index < -0.39 is 23.1 Å². The SMILES string of the molecule is Cc1nc(NC(=O)c2c(F)cccc2F)sc1-c1ccc2c(c1)OCO2. The molecule has 2 heterocycles. The van der Waals surface area contributed by atoms with Crippen molar-refractivity contribution in [1.29, 1.82) is 0 Å². The number of nitrogens with zero attached hydrogens (tertiary/aromatic N) is 1. The second-order valence-electron chi connectivity index (χ2n) is 5.55. The number of benzene rings is 2. The molecule has 0 saturated heterocycles. The number of fused-ring (bicyclic) bond motifs is 1. The van der Waals surface area contributed by atoms with E-state index in [-0.39, 0.29) is 11.9 Å². The molecule has 0 aliphatic carbocycles. The van der Waals surface area contributed by atoms with Gasteiger partial charge in [-0.3, -0.25) is 10.1 Å². The van der Waals surface area contributed by atoms with Crippen molar-refractivity contribution in [3.05, 3.63) is 59.3 Å². The predicted octanol–water partition coefficient (Wildman–Crippen LogP) is 4.38. The Morgan fingerprint density at radius 3 is 2.65 bits per heavy atom. The normalized spacial score (nSPS) is 12.3. The summed E-state index contributed by atoms with van der Waals surface area (Å²) in [6.07, 6.45) is 0. The number of anilines is 1. The molecule has 26 heavy (non-hydrogen) atoms. The molecule has 132 valence electrons. The Bertz CT molecular complexity index is 999. The Labute approximate surface area is 151 Å². The summed E-state index contributed by atoms with van der Waals surface area (Å²) in [5.74, 6) is -1.43. The number of amides is 1. The third kappa shape index (κ3) is 2.88. The maximum atomic E-state index is 13.7. The van der Waals surface area contributed by atoms with Crippen LogP contribution in [0, 0.1) is 18.6 Å². The van der Waals surface area contributed by atoms with Crippen LogP contribution in [-0.2, 0) is 0 Å². The maximum absolute atomic E-state index is 13.7. The lowest BCUT2D eigenvalue weighted by Gasteiger charge is -2.04. The molecule has 0 fully saturated rings. The number of aryl methyl sites for hydroxylation is 1. The molecule has 4 rings (SSSR count). The number of aromatic nitrogens is 1. The van der Waals surface area contributed by atoms with Crippen LogP contribution in [0.2, 0.25) is 0 Å². The molecule has 1 aliphatic heterocycles. The Morgan fingerprint density at radius 1 is 1.15 bits per heavy atom. The molecule has 1 aromatic heterocycles. The van der Waals surface area contributed by atoms with Crippen molar-refractivity contribution in [2.24, 2.45) is 0 Å². The molecule has 0 atom stereocenters. The highest BCUT2D eigenvalue weighted by Gasteiger charge is 2.20. The number of carbonyl (C=O) groups is 1. The topological polar surface area (TPSA) is 60.5 Å². The Balaban J connectivity index is 1.62. The lowest BCUT2D eigenvalue weighted by molar-refractivity contribution is 0.101. The van der Waals surface area contributed by atoms with Crippen LogP contribution in [0.5, 0.6) is 11.5 Å². The van der Waals surface area contributed by atoms with E-state index in [1.165, 1.54) is 17.4 Å². The van der Waals surface area contributed by atoms with Crippen molar-refractivity contribution in [3.63, 3.8) is 0 Å². The van der Waals surface area contributed by atoms with Crippen LogP contribution in [0.1, 0.15) is 16.1 Å². The van der Waals surface area contributed by atoms with Gasteiger partial charge in [-0.05, 0) is 42.8 Å². The van der Waals surface area contributed by atoms with Gasteiger partial charge in [0.15, 0.2) is 16.6 Å². The van der Waals surface area contributed by atoms with Gasteiger partial charge in [0.2, 0.25) is 6.79 Å². The number of ether oxygens (including phenoxy) is 2. The highest BCUT2D eigenvalue weighted by atomic mass is 32.1. The second kappa shape index (κ2) is 6.38. The number of carbonyl (C=O) groups excluding carboxylic acids is 1. The Morgan fingerprint density at radius 2 is 1.88 bits per heavy atom. The molecule has 1 amide bonds. The van der Waals surface area contributed by atoms with Crippen molar-refractivity contribution in [3.8, 4) is 21.9 Å². The van der Waals surface area contributed by atoms with Gasteiger partial charge in [0, 0.05) is 0 Å². The lowest BCUT2D eigenvalue weighted by atomic mass is 10.1. The maximum Gasteiger partial charge on any atom is 0.263 e. The number of hydrogen-bond donors (Lipinski definition) is 1. The van der Waals surface area contributed by atoms with Crippen LogP contribution >= 0.6 is 11.3 Å². The molecular formula is C18H12F2N2O3S. The summed E-state index contributed by atoms with van der Waals surface area (Å²) in [6.45, 7) is 1.96. The zero-order valence-electron chi connectivity index (χ0n) is 13.5. The minimum atomic E-state index is -0.924. The molecule has 0 radical (unpaired) electrons. The molecule has 1 N–H and O–H groups in total. The minimum absolute atomic E-state index is 0.177. The summed E-state index contributed by atoms with van der Waals surface area (Å²) in [7, 11) is 0. The van der Waals surface area contributed by atoms with Crippen LogP contribution in [0.4, 0.5) is 13.9 Å². The van der Waals surface area contributed by atoms with Crippen LogP contribution < -0.4 is 14.8 Å². The average molecular weight is 374 g/mol. The number of hydrogen-bond acceptors (Lipinski definition) is 5. The number of thiazole rings is 1. The van der Waals surface area contributed by atoms with Gasteiger partial charge in [-0.1, -0.05) is 17.4 Å². The number of rotatable bonds is 3. The molecule has 0 saturated carbocycles. The number of halogens is 2. The third-order valence-electron chi connectivity index (χ3n) is 3.84. The van der Waals surface area contributed by atoms with Gasteiger partial charge in [-0.25, -0.2) is 13.8 Å². The van der Waals surface area contributed by atoms with E-state index in [1.807, 2.05) is 12.1 Å². The van der Waals surface area contributed by atoms with E-state index in [0.29, 0.717) is 17.2 Å². The zero-order valence-corrected chi connectivity index (χ0v) is 14.3. The first kappa shape index (κ1) is 16.5. The fourth-order valence-corrected chi connectivity index (χ4v) is 3.59. The third-order valence-corrected chi connectivity index (χ3v) is 4.96. The van der Waals surface area contributed by atoms with Gasteiger partial charge < -0.3 is 9.47 Å². The largest absolute Gasteiger partial charge is 0.454 e.